The fraction of sp³-hybridized carbons (Fsp3) is 0.286. The van der Waals surface area contributed by atoms with E-state index in [1.807, 2.05) is 54.6 Å². The number of aryl methyl sites for hydroxylation is 2. The first-order chi connectivity index (χ1) is 17.1. The second-order valence-corrected chi connectivity index (χ2v) is 9.75. The Morgan fingerprint density at radius 2 is 1.71 bits per heavy atom. The highest BCUT2D eigenvalue weighted by Gasteiger charge is 2.10. The Labute approximate surface area is 219 Å². The quantitative estimate of drug-likeness (QED) is 0.191. The highest BCUT2D eigenvalue weighted by molar-refractivity contribution is 9.10. The van der Waals surface area contributed by atoms with Gasteiger partial charge < -0.3 is 14.6 Å². The summed E-state index contributed by atoms with van der Waals surface area (Å²) in [5.41, 5.74) is 2.88. The van der Waals surface area contributed by atoms with Crippen LogP contribution < -0.4 is 10.1 Å². The third kappa shape index (κ3) is 7.33. The van der Waals surface area contributed by atoms with E-state index in [2.05, 4.69) is 44.0 Å². The predicted molar refractivity (Wildman–Crippen MR) is 145 cm³/mol. The van der Waals surface area contributed by atoms with Crippen LogP contribution in [0.25, 0.3) is 11.0 Å². The van der Waals surface area contributed by atoms with Gasteiger partial charge in [-0.25, -0.2) is 4.98 Å². The minimum absolute atomic E-state index is 0.0277. The van der Waals surface area contributed by atoms with Gasteiger partial charge in [-0.3, -0.25) is 4.79 Å². The predicted octanol–water partition coefficient (Wildman–Crippen LogP) is 7.06. The molecule has 0 spiro atoms. The lowest BCUT2D eigenvalue weighted by Crippen LogP contribution is -2.24. The fourth-order valence-corrected chi connectivity index (χ4v) is 4.39. The van der Waals surface area contributed by atoms with Crippen molar-refractivity contribution < 1.29 is 9.53 Å². The molecular weight excluding hydrogens is 526 g/mol. The number of ether oxygens (including phenoxy) is 1. The molecule has 0 saturated heterocycles. The van der Waals surface area contributed by atoms with E-state index in [0.29, 0.717) is 23.7 Å². The van der Waals surface area contributed by atoms with Crippen molar-refractivity contribution in [2.75, 3.05) is 13.2 Å². The van der Waals surface area contributed by atoms with E-state index in [1.165, 1.54) is 0 Å². The highest BCUT2D eigenvalue weighted by atomic mass is 79.9. The van der Waals surface area contributed by atoms with Crippen LogP contribution in [0, 0.1) is 0 Å². The summed E-state index contributed by atoms with van der Waals surface area (Å²) < 4.78 is 9.15. The monoisotopic (exact) mass is 553 g/mol. The maximum Gasteiger partial charge on any atom is 0.251 e. The summed E-state index contributed by atoms with van der Waals surface area (Å²) in [4.78, 5) is 17.1. The summed E-state index contributed by atoms with van der Waals surface area (Å²) in [7, 11) is 0. The SMILES string of the molecule is O=C(NCCCCCc1nc2ccccc2n1CCCOc1ccc(Cl)cc1)c1ccc(Br)cc1. The van der Waals surface area contributed by atoms with E-state index in [1.54, 1.807) is 0 Å². The smallest absolute Gasteiger partial charge is 0.251 e. The van der Waals surface area contributed by atoms with Crippen LogP contribution >= 0.6 is 27.5 Å². The van der Waals surface area contributed by atoms with E-state index in [4.69, 9.17) is 21.3 Å². The molecule has 0 aliphatic heterocycles. The van der Waals surface area contributed by atoms with Gasteiger partial charge >= 0.3 is 0 Å². The average molecular weight is 555 g/mol. The number of carbonyl (C=O) groups is 1. The summed E-state index contributed by atoms with van der Waals surface area (Å²) in [5.74, 6) is 1.91. The molecule has 4 rings (SSSR count). The van der Waals surface area contributed by atoms with Crippen LogP contribution in [0.2, 0.25) is 5.02 Å². The number of nitrogens with zero attached hydrogens (tertiary/aromatic N) is 2. The van der Waals surface area contributed by atoms with Gasteiger partial charge in [-0.1, -0.05) is 46.1 Å². The number of hydrogen-bond acceptors (Lipinski definition) is 3. The molecule has 1 aromatic heterocycles. The van der Waals surface area contributed by atoms with Crippen molar-refractivity contribution in [1.82, 2.24) is 14.9 Å². The Kier molecular flexibility index (Phi) is 9.21. The molecule has 0 bridgehead atoms. The molecule has 4 aromatic rings. The molecule has 0 aliphatic carbocycles. The molecule has 0 aliphatic rings. The molecule has 182 valence electrons. The first-order valence-electron chi connectivity index (χ1n) is 12.0. The zero-order valence-electron chi connectivity index (χ0n) is 19.6. The van der Waals surface area contributed by atoms with E-state index in [-0.39, 0.29) is 5.91 Å². The normalized spacial score (nSPS) is 11.0. The number of benzene rings is 3. The van der Waals surface area contributed by atoms with Gasteiger partial charge in [-0.15, -0.1) is 0 Å². The number of para-hydroxylation sites is 2. The van der Waals surface area contributed by atoms with Crippen LogP contribution in [-0.2, 0) is 13.0 Å². The molecule has 0 fully saturated rings. The van der Waals surface area contributed by atoms with Crippen LogP contribution in [0.4, 0.5) is 0 Å². The molecule has 7 heteroatoms. The number of nitrogens with one attached hydrogen (secondary N) is 1. The first-order valence-corrected chi connectivity index (χ1v) is 13.1. The van der Waals surface area contributed by atoms with Crippen molar-refractivity contribution in [3.8, 4) is 5.75 Å². The molecule has 0 unspecified atom stereocenters. The Bertz CT molecular complexity index is 1240. The lowest BCUT2D eigenvalue weighted by Gasteiger charge is -2.11. The van der Waals surface area contributed by atoms with Crippen molar-refractivity contribution in [3.05, 3.63) is 93.7 Å². The number of aromatic nitrogens is 2. The van der Waals surface area contributed by atoms with Gasteiger partial charge in [0.15, 0.2) is 0 Å². The largest absolute Gasteiger partial charge is 0.494 e. The van der Waals surface area contributed by atoms with Crippen molar-refractivity contribution in [3.63, 3.8) is 0 Å². The first kappa shape index (κ1) is 25.3. The fourth-order valence-electron chi connectivity index (χ4n) is 4.00. The molecule has 0 radical (unpaired) electrons. The number of hydrogen-bond donors (Lipinski definition) is 1. The lowest BCUT2D eigenvalue weighted by atomic mass is 10.1. The van der Waals surface area contributed by atoms with Gasteiger partial charge in [0.05, 0.1) is 17.6 Å². The Hall–Kier alpha value is -2.83. The average Bonchev–Trinajstić information content (AvgIpc) is 3.22. The van der Waals surface area contributed by atoms with Crippen LogP contribution in [0.3, 0.4) is 0 Å². The molecule has 0 saturated carbocycles. The number of amides is 1. The van der Waals surface area contributed by atoms with Gasteiger partial charge in [0.1, 0.15) is 11.6 Å². The molecule has 1 N–H and O–H groups in total. The van der Waals surface area contributed by atoms with Gasteiger partial charge in [-0.2, -0.15) is 0 Å². The number of imidazole rings is 1. The number of carbonyl (C=O) groups excluding carboxylic acids is 1. The minimum atomic E-state index is -0.0277. The molecule has 0 atom stereocenters. The summed E-state index contributed by atoms with van der Waals surface area (Å²) in [6, 6.07) is 23.1. The molecule has 3 aromatic carbocycles. The topological polar surface area (TPSA) is 56.2 Å². The van der Waals surface area contributed by atoms with E-state index < -0.39 is 0 Å². The Balaban J connectivity index is 1.23. The minimum Gasteiger partial charge on any atom is -0.494 e. The second-order valence-electron chi connectivity index (χ2n) is 8.40. The van der Waals surface area contributed by atoms with Gasteiger partial charge in [0, 0.05) is 34.6 Å². The van der Waals surface area contributed by atoms with Gasteiger partial charge in [0.2, 0.25) is 0 Å². The van der Waals surface area contributed by atoms with Crippen LogP contribution in [-0.4, -0.2) is 28.6 Å². The molecule has 1 amide bonds. The summed E-state index contributed by atoms with van der Waals surface area (Å²) in [6.45, 7) is 2.16. The third-order valence-electron chi connectivity index (χ3n) is 5.81. The maximum absolute atomic E-state index is 12.2. The molecule has 35 heavy (non-hydrogen) atoms. The third-order valence-corrected chi connectivity index (χ3v) is 6.59. The summed E-state index contributed by atoms with van der Waals surface area (Å²) in [5, 5.41) is 3.71. The van der Waals surface area contributed by atoms with Crippen LogP contribution in [0.15, 0.2) is 77.3 Å². The van der Waals surface area contributed by atoms with E-state index in [9.17, 15) is 4.79 Å². The van der Waals surface area contributed by atoms with Gasteiger partial charge in [-0.05, 0) is 79.9 Å². The zero-order valence-corrected chi connectivity index (χ0v) is 21.9. The van der Waals surface area contributed by atoms with Crippen LogP contribution in [0.1, 0.15) is 41.9 Å². The standard InChI is InChI=1S/C28H29BrClN3O2/c29-22-12-10-21(11-13-22)28(34)31-18-5-1-2-9-27-32-25-7-3-4-8-26(25)33(27)19-6-20-35-24-16-14-23(30)15-17-24/h3-4,7-8,10-17H,1-2,5-6,9,18-20H2,(H,31,34). The summed E-state index contributed by atoms with van der Waals surface area (Å²) in [6.07, 6.45) is 4.80. The molecular formula is C28H29BrClN3O2. The van der Waals surface area contributed by atoms with Gasteiger partial charge in [0.25, 0.3) is 5.91 Å². The number of fused-ring (bicyclic) bond motifs is 1. The van der Waals surface area contributed by atoms with Crippen molar-refractivity contribution in [1.29, 1.82) is 0 Å². The number of halogens is 2. The van der Waals surface area contributed by atoms with Crippen molar-refractivity contribution >= 4 is 44.5 Å². The Morgan fingerprint density at radius 3 is 2.51 bits per heavy atom. The van der Waals surface area contributed by atoms with E-state index in [0.717, 1.165) is 65.7 Å². The Morgan fingerprint density at radius 1 is 0.943 bits per heavy atom. The van der Waals surface area contributed by atoms with Crippen LogP contribution in [0.5, 0.6) is 5.75 Å². The lowest BCUT2D eigenvalue weighted by molar-refractivity contribution is 0.0953. The highest BCUT2D eigenvalue weighted by Crippen LogP contribution is 2.19. The molecule has 5 nitrogen and oxygen atoms in total. The number of unbranched alkanes of at least 4 members (excludes halogenated alkanes) is 2. The van der Waals surface area contributed by atoms with E-state index >= 15 is 0 Å². The second kappa shape index (κ2) is 12.8. The van der Waals surface area contributed by atoms with Crippen molar-refractivity contribution in [2.45, 2.75) is 38.6 Å². The molecule has 1 heterocycles. The zero-order chi connectivity index (χ0) is 24.5. The van der Waals surface area contributed by atoms with Crippen molar-refractivity contribution in [2.24, 2.45) is 0 Å². The summed E-state index contributed by atoms with van der Waals surface area (Å²) >= 11 is 9.33. The maximum atomic E-state index is 12.2. The number of rotatable bonds is 12.